The molecule has 0 amide bonds. The van der Waals surface area contributed by atoms with Crippen molar-refractivity contribution in [2.45, 2.75) is 13.5 Å². The van der Waals surface area contributed by atoms with Gasteiger partial charge in [0, 0.05) is 5.56 Å². The molecule has 0 radical (unpaired) electrons. The highest BCUT2D eigenvalue weighted by Crippen LogP contribution is 2.33. The number of nitrogens with two attached hydrogens (primary N) is 1. The number of nitrogen functional groups attached to an aromatic ring is 1. The third-order valence-electron chi connectivity index (χ3n) is 3.12. The van der Waals surface area contributed by atoms with Gasteiger partial charge in [0.2, 0.25) is 5.82 Å². The summed E-state index contributed by atoms with van der Waals surface area (Å²) in [6, 6.07) is 5.39. The molecule has 0 bridgehead atoms. The molecule has 1 aromatic carbocycles. The predicted molar refractivity (Wildman–Crippen MR) is 76.7 cm³/mol. The van der Waals surface area contributed by atoms with Crippen LogP contribution >= 0.6 is 0 Å². The molecule has 1 heterocycles. The largest absolute Gasteiger partial charge is 0.493 e. The lowest BCUT2D eigenvalue weighted by molar-refractivity contribution is -0.384. The Morgan fingerprint density at radius 2 is 2.10 bits per heavy atom. The van der Waals surface area contributed by atoms with Crippen LogP contribution in [0.3, 0.4) is 0 Å². The summed E-state index contributed by atoms with van der Waals surface area (Å²) >= 11 is 0. The van der Waals surface area contributed by atoms with E-state index in [1.54, 1.807) is 26.2 Å². The summed E-state index contributed by atoms with van der Waals surface area (Å²) in [6.45, 7) is 1.80. The molecule has 1 aromatic heterocycles. The molecule has 21 heavy (non-hydrogen) atoms. The minimum Gasteiger partial charge on any atom is -0.493 e. The number of hydrogen-bond donors (Lipinski definition) is 1. The molecule has 112 valence electrons. The van der Waals surface area contributed by atoms with E-state index in [2.05, 4.69) is 5.10 Å². The van der Waals surface area contributed by atoms with Crippen LogP contribution in [0.2, 0.25) is 0 Å². The molecule has 0 aliphatic heterocycles. The standard InChI is InChI=1S/C13H16N4O4/c1-8-11(17(18)19)13(14)16(15-8)7-9-5-4-6-10(20-2)12(9)21-3/h4-6H,7,14H2,1-3H3. The van der Waals surface area contributed by atoms with E-state index in [-0.39, 0.29) is 23.7 Å². The van der Waals surface area contributed by atoms with Crippen molar-refractivity contribution in [3.05, 3.63) is 39.6 Å². The van der Waals surface area contributed by atoms with Gasteiger partial charge in [-0.3, -0.25) is 10.1 Å². The van der Waals surface area contributed by atoms with Crippen LogP contribution in [-0.2, 0) is 6.54 Å². The summed E-state index contributed by atoms with van der Waals surface area (Å²) < 4.78 is 11.9. The van der Waals surface area contributed by atoms with Crippen LogP contribution < -0.4 is 15.2 Å². The van der Waals surface area contributed by atoms with Crippen LogP contribution in [0, 0.1) is 17.0 Å². The number of nitrogens with zero attached hydrogens (tertiary/aromatic N) is 3. The summed E-state index contributed by atoms with van der Waals surface area (Å²) in [5.41, 5.74) is 6.67. The first-order chi connectivity index (χ1) is 9.99. The second-order valence-electron chi connectivity index (χ2n) is 4.39. The van der Waals surface area contributed by atoms with E-state index in [4.69, 9.17) is 15.2 Å². The molecule has 2 N–H and O–H groups in total. The SMILES string of the molecule is COc1cccc(Cn2nc(C)c([N+](=O)[O-])c2N)c1OC. The first kappa shape index (κ1) is 14.6. The molecule has 0 saturated carbocycles. The molecule has 0 aliphatic rings. The molecule has 0 saturated heterocycles. The highest BCUT2D eigenvalue weighted by Gasteiger charge is 2.23. The molecule has 0 atom stereocenters. The number of aromatic nitrogens is 2. The second kappa shape index (κ2) is 5.70. The number of aryl methyl sites for hydroxylation is 1. The van der Waals surface area contributed by atoms with Crippen LogP contribution in [0.4, 0.5) is 11.5 Å². The first-order valence-corrected chi connectivity index (χ1v) is 6.16. The van der Waals surface area contributed by atoms with Crippen LogP contribution in [0.15, 0.2) is 18.2 Å². The molecule has 2 rings (SSSR count). The van der Waals surface area contributed by atoms with E-state index in [0.717, 1.165) is 5.56 Å². The van der Waals surface area contributed by atoms with Crippen molar-refractivity contribution in [2.24, 2.45) is 0 Å². The Morgan fingerprint density at radius 1 is 1.38 bits per heavy atom. The summed E-state index contributed by atoms with van der Waals surface area (Å²) in [5.74, 6) is 1.14. The van der Waals surface area contributed by atoms with Gasteiger partial charge in [-0.25, -0.2) is 4.68 Å². The molecule has 0 fully saturated rings. The van der Waals surface area contributed by atoms with E-state index < -0.39 is 4.92 Å². The number of rotatable bonds is 5. The molecule has 0 spiro atoms. The Balaban J connectivity index is 2.44. The van der Waals surface area contributed by atoms with Gasteiger partial charge in [-0.15, -0.1) is 0 Å². The van der Waals surface area contributed by atoms with Crippen molar-refractivity contribution < 1.29 is 14.4 Å². The molecule has 8 heteroatoms. The zero-order valence-electron chi connectivity index (χ0n) is 12.0. The van der Waals surface area contributed by atoms with Gasteiger partial charge in [0.25, 0.3) is 0 Å². The lowest BCUT2D eigenvalue weighted by Gasteiger charge is -2.12. The van der Waals surface area contributed by atoms with E-state index in [9.17, 15) is 10.1 Å². The number of methoxy groups -OCH3 is 2. The fourth-order valence-corrected chi connectivity index (χ4v) is 2.18. The highest BCUT2D eigenvalue weighted by atomic mass is 16.6. The monoisotopic (exact) mass is 292 g/mol. The number of para-hydroxylation sites is 1. The Labute approximate surface area is 121 Å². The van der Waals surface area contributed by atoms with Crippen molar-refractivity contribution in [3.63, 3.8) is 0 Å². The predicted octanol–water partition coefficient (Wildman–Crippen LogP) is 1.75. The number of benzene rings is 1. The van der Waals surface area contributed by atoms with Crippen LogP contribution in [-0.4, -0.2) is 28.9 Å². The lowest BCUT2D eigenvalue weighted by Crippen LogP contribution is -2.08. The van der Waals surface area contributed by atoms with Gasteiger partial charge in [-0.2, -0.15) is 5.10 Å². The maximum atomic E-state index is 11.0. The highest BCUT2D eigenvalue weighted by molar-refractivity contribution is 5.56. The number of nitro groups is 1. The molecule has 8 nitrogen and oxygen atoms in total. The van der Waals surface area contributed by atoms with Crippen molar-refractivity contribution in [2.75, 3.05) is 20.0 Å². The number of hydrogen-bond acceptors (Lipinski definition) is 6. The van der Waals surface area contributed by atoms with Gasteiger partial charge in [-0.1, -0.05) is 12.1 Å². The third kappa shape index (κ3) is 2.60. The quantitative estimate of drug-likeness (QED) is 0.664. The van der Waals surface area contributed by atoms with Crippen LogP contribution in [0.25, 0.3) is 0 Å². The van der Waals surface area contributed by atoms with E-state index in [1.165, 1.54) is 11.8 Å². The average Bonchev–Trinajstić information content (AvgIpc) is 2.73. The van der Waals surface area contributed by atoms with Gasteiger partial charge in [0.1, 0.15) is 5.69 Å². The second-order valence-corrected chi connectivity index (χ2v) is 4.39. The van der Waals surface area contributed by atoms with Crippen LogP contribution in [0.1, 0.15) is 11.3 Å². The average molecular weight is 292 g/mol. The molecular formula is C13H16N4O4. The van der Waals surface area contributed by atoms with E-state index in [1.807, 2.05) is 6.07 Å². The van der Waals surface area contributed by atoms with E-state index in [0.29, 0.717) is 11.5 Å². The number of ether oxygens (including phenoxy) is 2. The minimum atomic E-state index is -0.531. The maximum Gasteiger partial charge on any atom is 0.333 e. The third-order valence-corrected chi connectivity index (χ3v) is 3.12. The minimum absolute atomic E-state index is 0.0161. The normalized spacial score (nSPS) is 10.4. The maximum absolute atomic E-state index is 11.0. The van der Waals surface area contributed by atoms with E-state index >= 15 is 0 Å². The van der Waals surface area contributed by atoms with Gasteiger partial charge in [0.05, 0.1) is 25.7 Å². The zero-order chi connectivity index (χ0) is 15.6. The molecule has 2 aromatic rings. The van der Waals surface area contributed by atoms with Crippen molar-refractivity contribution in [1.29, 1.82) is 0 Å². The zero-order valence-corrected chi connectivity index (χ0v) is 12.0. The summed E-state index contributed by atoms with van der Waals surface area (Å²) in [7, 11) is 3.07. The van der Waals surface area contributed by atoms with Gasteiger partial charge in [-0.05, 0) is 13.0 Å². The Morgan fingerprint density at radius 3 is 2.62 bits per heavy atom. The molecule has 0 aliphatic carbocycles. The molecular weight excluding hydrogens is 276 g/mol. The lowest BCUT2D eigenvalue weighted by atomic mass is 10.2. The Bertz CT molecular complexity index is 681. The Hall–Kier alpha value is -2.77. The topological polar surface area (TPSA) is 105 Å². The number of anilines is 1. The summed E-state index contributed by atoms with van der Waals surface area (Å²) in [4.78, 5) is 10.4. The smallest absolute Gasteiger partial charge is 0.333 e. The van der Waals surface area contributed by atoms with Crippen molar-refractivity contribution in [1.82, 2.24) is 9.78 Å². The van der Waals surface area contributed by atoms with Gasteiger partial charge >= 0.3 is 5.69 Å². The van der Waals surface area contributed by atoms with Crippen molar-refractivity contribution >= 4 is 11.5 Å². The van der Waals surface area contributed by atoms with Crippen LogP contribution in [0.5, 0.6) is 11.5 Å². The summed E-state index contributed by atoms with van der Waals surface area (Å²) in [5, 5.41) is 15.1. The van der Waals surface area contributed by atoms with Crippen molar-refractivity contribution in [3.8, 4) is 11.5 Å². The Kier molecular flexibility index (Phi) is 3.97. The molecule has 0 unspecified atom stereocenters. The fourth-order valence-electron chi connectivity index (χ4n) is 2.18. The fraction of sp³-hybridized carbons (Fsp3) is 0.308. The summed E-state index contributed by atoms with van der Waals surface area (Å²) in [6.07, 6.45) is 0. The van der Waals surface area contributed by atoms with Gasteiger partial charge < -0.3 is 15.2 Å². The van der Waals surface area contributed by atoms with Gasteiger partial charge in [0.15, 0.2) is 11.5 Å². The first-order valence-electron chi connectivity index (χ1n) is 6.16.